The van der Waals surface area contributed by atoms with Crippen molar-refractivity contribution < 1.29 is 18.7 Å². The smallest absolute Gasteiger partial charge is 0.289 e. The minimum absolute atomic E-state index is 0.106. The second-order valence-corrected chi connectivity index (χ2v) is 6.24. The Morgan fingerprint density at radius 3 is 2.63 bits per heavy atom. The fourth-order valence-corrected chi connectivity index (χ4v) is 3.05. The number of hydrogen-bond acceptors (Lipinski definition) is 4. The molecule has 0 saturated carbocycles. The summed E-state index contributed by atoms with van der Waals surface area (Å²) in [5, 5.41) is 12.4. The largest absolute Gasteiger partial charge is 0.459 e. The summed E-state index contributed by atoms with van der Waals surface area (Å²) < 4.78 is 18.7. The maximum atomic E-state index is 13.5. The Labute approximate surface area is 157 Å². The lowest BCUT2D eigenvalue weighted by Gasteiger charge is -2.36. The van der Waals surface area contributed by atoms with Crippen molar-refractivity contribution in [1.29, 1.82) is 0 Å². The van der Waals surface area contributed by atoms with Crippen molar-refractivity contribution in [3.63, 3.8) is 0 Å². The van der Waals surface area contributed by atoms with Gasteiger partial charge in [-0.1, -0.05) is 6.07 Å². The Balaban J connectivity index is 1.54. The summed E-state index contributed by atoms with van der Waals surface area (Å²) in [6.45, 7) is 2.58. The van der Waals surface area contributed by atoms with Crippen LogP contribution in [-0.4, -0.2) is 60.0 Å². The number of piperazine rings is 1. The second kappa shape index (κ2) is 8.68. The molecule has 2 aromatic rings. The first-order valence-electron chi connectivity index (χ1n) is 8.79. The van der Waals surface area contributed by atoms with Gasteiger partial charge in [0.15, 0.2) is 11.7 Å². The van der Waals surface area contributed by atoms with Crippen LogP contribution in [0.3, 0.4) is 0 Å². The predicted molar refractivity (Wildman–Crippen MR) is 98.7 cm³/mol. The third-order valence-corrected chi connectivity index (χ3v) is 4.54. The number of nitrogens with one attached hydrogen (secondary N) is 1. The Kier molecular flexibility index (Phi) is 6.08. The summed E-state index contributed by atoms with van der Waals surface area (Å²) in [6.07, 6.45) is 1.49. The van der Waals surface area contributed by atoms with Gasteiger partial charge in [-0.05, 0) is 29.8 Å². The fourth-order valence-electron chi connectivity index (χ4n) is 3.05. The Morgan fingerprint density at radius 2 is 2.00 bits per heavy atom. The molecule has 1 aromatic heterocycles. The third kappa shape index (κ3) is 4.46. The van der Waals surface area contributed by atoms with Crippen LogP contribution in [-0.2, 0) is 13.2 Å². The molecule has 27 heavy (non-hydrogen) atoms. The van der Waals surface area contributed by atoms with Gasteiger partial charge in [-0.25, -0.2) is 4.39 Å². The average Bonchev–Trinajstić information content (AvgIpc) is 3.24. The normalized spacial score (nSPS) is 15.1. The van der Waals surface area contributed by atoms with E-state index >= 15 is 0 Å². The van der Waals surface area contributed by atoms with Gasteiger partial charge in [-0.3, -0.25) is 9.79 Å². The number of guanidine groups is 1. The minimum Gasteiger partial charge on any atom is -0.459 e. The van der Waals surface area contributed by atoms with Crippen molar-refractivity contribution in [2.45, 2.75) is 13.2 Å². The first-order chi connectivity index (χ1) is 13.1. The highest BCUT2D eigenvalue weighted by atomic mass is 19.1. The first-order valence-corrected chi connectivity index (χ1v) is 8.79. The van der Waals surface area contributed by atoms with E-state index in [2.05, 4.69) is 15.2 Å². The van der Waals surface area contributed by atoms with Crippen LogP contribution in [0.15, 0.2) is 46.0 Å². The predicted octanol–water partition coefficient (Wildman–Crippen LogP) is 1.44. The van der Waals surface area contributed by atoms with Gasteiger partial charge in [-0.2, -0.15) is 0 Å². The van der Waals surface area contributed by atoms with Crippen molar-refractivity contribution in [2.24, 2.45) is 4.99 Å². The molecule has 0 bridgehead atoms. The zero-order valence-corrected chi connectivity index (χ0v) is 15.2. The molecule has 1 fully saturated rings. The average molecular weight is 374 g/mol. The molecular weight excluding hydrogens is 351 g/mol. The molecule has 2 heterocycles. The van der Waals surface area contributed by atoms with E-state index in [1.54, 1.807) is 36.2 Å². The first kappa shape index (κ1) is 18.9. The number of benzene rings is 1. The molecule has 3 rings (SSSR count). The molecule has 2 N–H and O–H groups in total. The van der Waals surface area contributed by atoms with Crippen LogP contribution in [0.2, 0.25) is 0 Å². The molecule has 8 heteroatoms. The van der Waals surface area contributed by atoms with Crippen LogP contribution in [0.4, 0.5) is 4.39 Å². The van der Waals surface area contributed by atoms with E-state index in [0.29, 0.717) is 38.5 Å². The zero-order chi connectivity index (χ0) is 19.2. The Bertz CT molecular complexity index is 799. The number of rotatable bonds is 4. The summed E-state index contributed by atoms with van der Waals surface area (Å²) >= 11 is 0. The van der Waals surface area contributed by atoms with Gasteiger partial charge in [0.25, 0.3) is 5.91 Å². The lowest BCUT2D eigenvalue weighted by molar-refractivity contribution is 0.0657. The van der Waals surface area contributed by atoms with Gasteiger partial charge < -0.3 is 24.6 Å². The quantitative estimate of drug-likeness (QED) is 0.625. The highest BCUT2D eigenvalue weighted by Crippen LogP contribution is 2.12. The molecule has 1 amide bonds. The van der Waals surface area contributed by atoms with E-state index in [-0.39, 0.29) is 18.1 Å². The van der Waals surface area contributed by atoms with Gasteiger partial charge in [0.2, 0.25) is 0 Å². The number of aliphatic hydroxyl groups is 1. The number of amides is 1. The molecule has 1 aliphatic rings. The van der Waals surface area contributed by atoms with Crippen molar-refractivity contribution in [3.05, 3.63) is 59.3 Å². The standard InChI is InChI=1S/C19H23FN4O3/c1-21-19(22-12-14-4-5-16(20)15(11-14)13-25)24-8-6-23(7-9-24)18(26)17-3-2-10-27-17/h2-5,10-11,25H,6-9,12-13H2,1H3,(H,21,22). The van der Waals surface area contributed by atoms with Crippen LogP contribution in [0, 0.1) is 5.82 Å². The van der Waals surface area contributed by atoms with Crippen LogP contribution in [0.1, 0.15) is 21.7 Å². The Morgan fingerprint density at radius 1 is 1.26 bits per heavy atom. The zero-order valence-electron chi connectivity index (χ0n) is 15.2. The van der Waals surface area contributed by atoms with Crippen LogP contribution < -0.4 is 5.32 Å². The lowest BCUT2D eigenvalue weighted by atomic mass is 10.1. The van der Waals surface area contributed by atoms with E-state index in [1.807, 2.05) is 0 Å². The number of furan rings is 1. The van der Waals surface area contributed by atoms with Gasteiger partial charge >= 0.3 is 0 Å². The fraction of sp³-hybridized carbons (Fsp3) is 0.368. The molecule has 7 nitrogen and oxygen atoms in total. The molecule has 0 atom stereocenters. The van der Waals surface area contributed by atoms with Crippen molar-refractivity contribution in [1.82, 2.24) is 15.1 Å². The molecule has 0 aliphatic carbocycles. The monoisotopic (exact) mass is 374 g/mol. The summed E-state index contributed by atoms with van der Waals surface area (Å²) in [4.78, 5) is 20.4. The topological polar surface area (TPSA) is 81.3 Å². The van der Waals surface area contributed by atoms with Crippen LogP contribution in [0.5, 0.6) is 0 Å². The molecule has 0 radical (unpaired) electrons. The summed E-state index contributed by atoms with van der Waals surface area (Å²) in [5.74, 6) is 0.547. The van der Waals surface area contributed by atoms with Gasteiger partial charge in [0.05, 0.1) is 12.9 Å². The van der Waals surface area contributed by atoms with E-state index in [9.17, 15) is 14.3 Å². The molecule has 1 aliphatic heterocycles. The highest BCUT2D eigenvalue weighted by molar-refractivity contribution is 5.91. The molecule has 1 aromatic carbocycles. The second-order valence-electron chi connectivity index (χ2n) is 6.24. The van der Waals surface area contributed by atoms with Crippen molar-refractivity contribution in [2.75, 3.05) is 33.2 Å². The SMILES string of the molecule is CN=C(NCc1ccc(F)c(CO)c1)N1CCN(C(=O)c2ccco2)CC1. The molecule has 144 valence electrons. The minimum atomic E-state index is -0.414. The third-order valence-electron chi connectivity index (χ3n) is 4.54. The van der Waals surface area contributed by atoms with Crippen molar-refractivity contribution >= 4 is 11.9 Å². The highest BCUT2D eigenvalue weighted by Gasteiger charge is 2.25. The molecule has 0 spiro atoms. The molecular formula is C19H23FN4O3. The number of halogens is 1. The molecule has 0 unspecified atom stereocenters. The number of carbonyl (C=O) groups excluding carboxylic acids is 1. The summed E-state index contributed by atoms with van der Waals surface area (Å²) in [7, 11) is 1.70. The number of nitrogens with zero attached hydrogens (tertiary/aromatic N) is 3. The Hall–Kier alpha value is -2.87. The number of hydrogen-bond donors (Lipinski definition) is 2. The van der Waals surface area contributed by atoms with Crippen molar-refractivity contribution in [3.8, 4) is 0 Å². The van der Waals surface area contributed by atoms with Gasteiger partial charge in [0.1, 0.15) is 5.82 Å². The van der Waals surface area contributed by atoms with E-state index in [1.165, 1.54) is 12.3 Å². The maximum absolute atomic E-state index is 13.5. The summed E-state index contributed by atoms with van der Waals surface area (Å²) in [6, 6.07) is 8.03. The van der Waals surface area contributed by atoms with Crippen LogP contribution in [0.25, 0.3) is 0 Å². The number of aliphatic imine (C=N–C) groups is 1. The van der Waals surface area contributed by atoms with E-state index < -0.39 is 5.82 Å². The lowest BCUT2D eigenvalue weighted by Crippen LogP contribution is -2.53. The van der Waals surface area contributed by atoms with E-state index in [4.69, 9.17) is 4.42 Å². The van der Waals surface area contributed by atoms with Gasteiger partial charge in [-0.15, -0.1) is 0 Å². The van der Waals surface area contributed by atoms with Crippen LogP contribution >= 0.6 is 0 Å². The maximum Gasteiger partial charge on any atom is 0.289 e. The van der Waals surface area contributed by atoms with Gasteiger partial charge in [0, 0.05) is 45.3 Å². The number of carbonyl (C=O) groups is 1. The van der Waals surface area contributed by atoms with E-state index in [0.717, 1.165) is 11.5 Å². The molecule has 1 saturated heterocycles. The number of aliphatic hydroxyl groups excluding tert-OH is 1. The summed E-state index contributed by atoms with van der Waals surface area (Å²) in [5.41, 5.74) is 1.13.